The van der Waals surface area contributed by atoms with Gasteiger partial charge < -0.3 is 4.74 Å². The minimum absolute atomic E-state index is 0.310. The van der Waals surface area contributed by atoms with E-state index in [0.717, 1.165) is 29.4 Å². The summed E-state index contributed by atoms with van der Waals surface area (Å²) in [5, 5.41) is 1.12. The SMILES string of the molecule is CCCCCCCc1c(C)n(C(=O)OCC)c2cnccc12. The number of fused-ring (bicyclic) bond motifs is 1. The first-order valence-electron chi connectivity index (χ1n) is 8.31. The van der Waals surface area contributed by atoms with Gasteiger partial charge >= 0.3 is 6.09 Å². The summed E-state index contributed by atoms with van der Waals surface area (Å²) < 4.78 is 6.84. The summed E-state index contributed by atoms with van der Waals surface area (Å²) in [6.07, 6.45) is 10.5. The molecular weight excluding hydrogens is 276 g/mol. The summed E-state index contributed by atoms with van der Waals surface area (Å²) in [5.74, 6) is 0. The van der Waals surface area contributed by atoms with E-state index in [0.29, 0.717) is 6.61 Å². The zero-order valence-electron chi connectivity index (χ0n) is 13.9. The van der Waals surface area contributed by atoms with Crippen LogP contribution in [0, 0.1) is 6.92 Å². The van der Waals surface area contributed by atoms with Crippen molar-refractivity contribution in [3.8, 4) is 0 Å². The maximum Gasteiger partial charge on any atom is 0.418 e. The largest absolute Gasteiger partial charge is 0.449 e. The first-order valence-corrected chi connectivity index (χ1v) is 8.31. The van der Waals surface area contributed by atoms with E-state index in [-0.39, 0.29) is 6.09 Å². The second kappa shape index (κ2) is 7.97. The lowest BCUT2D eigenvalue weighted by Crippen LogP contribution is -2.15. The van der Waals surface area contributed by atoms with E-state index < -0.39 is 0 Å². The second-order valence-electron chi connectivity index (χ2n) is 5.66. The summed E-state index contributed by atoms with van der Waals surface area (Å²) in [4.78, 5) is 16.4. The molecule has 0 saturated carbocycles. The van der Waals surface area contributed by atoms with Crippen LogP contribution < -0.4 is 0 Å². The number of hydrogen-bond donors (Lipinski definition) is 0. The number of aromatic nitrogens is 2. The molecular formula is C18H26N2O2. The summed E-state index contributed by atoms with van der Waals surface area (Å²) >= 11 is 0. The highest BCUT2D eigenvalue weighted by Crippen LogP contribution is 2.27. The monoisotopic (exact) mass is 302 g/mol. The zero-order chi connectivity index (χ0) is 15.9. The summed E-state index contributed by atoms with van der Waals surface area (Å²) in [7, 11) is 0. The predicted octanol–water partition coefficient (Wildman–Crippen LogP) is 4.86. The average Bonchev–Trinajstić information content (AvgIpc) is 2.79. The number of pyridine rings is 1. The molecule has 0 fully saturated rings. The Labute approximate surface area is 132 Å². The van der Waals surface area contributed by atoms with Crippen LogP contribution in [0.4, 0.5) is 4.79 Å². The van der Waals surface area contributed by atoms with Crippen molar-refractivity contribution < 1.29 is 9.53 Å². The van der Waals surface area contributed by atoms with Gasteiger partial charge in [0.1, 0.15) is 0 Å². The van der Waals surface area contributed by atoms with Crippen LogP contribution in [-0.4, -0.2) is 22.3 Å². The third-order valence-corrected chi connectivity index (χ3v) is 4.12. The Kier molecular flexibility index (Phi) is 5.99. The topological polar surface area (TPSA) is 44.1 Å². The number of aryl methyl sites for hydroxylation is 1. The Hall–Kier alpha value is -1.84. The van der Waals surface area contributed by atoms with E-state index in [2.05, 4.69) is 11.9 Å². The van der Waals surface area contributed by atoms with Gasteiger partial charge in [-0.1, -0.05) is 32.6 Å². The van der Waals surface area contributed by atoms with E-state index in [4.69, 9.17) is 4.74 Å². The van der Waals surface area contributed by atoms with Crippen molar-refractivity contribution in [2.24, 2.45) is 0 Å². The van der Waals surface area contributed by atoms with E-state index >= 15 is 0 Å². The normalized spacial score (nSPS) is 11.0. The van der Waals surface area contributed by atoms with Crippen LogP contribution in [0.1, 0.15) is 57.2 Å². The van der Waals surface area contributed by atoms with E-state index in [1.54, 1.807) is 17.0 Å². The van der Waals surface area contributed by atoms with Crippen molar-refractivity contribution in [1.29, 1.82) is 0 Å². The molecule has 0 aliphatic rings. The molecule has 0 aromatic carbocycles. The Morgan fingerprint density at radius 1 is 1.23 bits per heavy atom. The smallest absolute Gasteiger partial charge is 0.418 e. The first-order chi connectivity index (χ1) is 10.7. The van der Waals surface area contributed by atoms with Gasteiger partial charge in [0.15, 0.2) is 0 Å². The van der Waals surface area contributed by atoms with Gasteiger partial charge in [0.05, 0.1) is 18.3 Å². The van der Waals surface area contributed by atoms with Crippen molar-refractivity contribution in [2.75, 3.05) is 6.61 Å². The maximum absolute atomic E-state index is 12.2. The lowest BCUT2D eigenvalue weighted by atomic mass is 10.0. The molecule has 0 atom stereocenters. The van der Waals surface area contributed by atoms with Gasteiger partial charge in [-0.3, -0.25) is 4.98 Å². The Morgan fingerprint density at radius 2 is 2.00 bits per heavy atom. The van der Waals surface area contributed by atoms with Crippen molar-refractivity contribution in [1.82, 2.24) is 9.55 Å². The highest BCUT2D eigenvalue weighted by molar-refractivity contribution is 5.93. The fourth-order valence-corrected chi connectivity index (χ4v) is 2.97. The number of carbonyl (C=O) groups excluding carboxylic acids is 1. The molecule has 2 rings (SSSR count). The number of ether oxygens (including phenoxy) is 1. The van der Waals surface area contributed by atoms with Gasteiger partial charge in [-0.25, -0.2) is 9.36 Å². The molecule has 2 aromatic heterocycles. The van der Waals surface area contributed by atoms with Crippen LogP contribution in [0.3, 0.4) is 0 Å². The Morgan fingerprint density at radius 3 is 2.73 bits per heavy atom. The van der Waals surface area contributed by atoms with Crippen LogP contribution in [0.15, 0.2) is 18.5 Å². The molecule has 0 aliphatic carbocycles. The van der Waals surface area contributed by atoms with Gasteiger partial charge in [-0.15, -0.1) is 0 Å². The summed E-state index contributed by atoms with van der Waals surface area (Å²) in [5.41, 5.74) is 3.08. The van der Waals surface area contributed by atoms with Gasteiger partial charge in [-0.05, 0) is 38.3 Å². The number of nitrogens with zero attached hydrogens (tertiary/aromatic N) is 2. The van der Waals surface area contributed by atoms with Crippen molar-refractivity contribution in [3.05, 3.63) is 29.7 Å². The lowest BCUT2D eigenvalue weighted by Gasteiger charge is -2.07. The molecule has 2 aromatic rings. The molecule has 22 heavy (non-hydrogen) atoms. The lowest BCUT2D eigenvalue weighted by molar-refractivity contribution is 0.154. The molecule has 0 aliphatic heterocycles. The average molecular weight is 302 g/mol. The number of hydrogen-bond acceptors (Lipinski definition) is 3. The molecule has 0 saturated heterocycles. The highest BCUT2D eigenvalue weighted by Gasteiger charge is 2.19. The van der Waals surface area contributed by atoms with E-state index in [9.17, 15) is 4.79 Å². The van der Waals surface area contributed by atoms with Crippen LogP contribution in [0.5, 0.6) is 0 Å². The number of rotatable bonds is 7. The van der Waals surface area contributed by atoms with E-state index in [1.807, 2.05) is 19.9 Å². The van der Waals surface area contributed by atoms with Crippen molar-refractivity contribution in [3.63, 3.8) is 0 Å². The molecule has 0 amide bonds. The van der Waals surface area contributed by atoms with Crippen LogP contribution >= 0.6 is 0 Å². The van der Waals surface area contributed by atoms with Crippen molar-refractivity contribution >= 4 is 17.0 Å². The maximum atomic E-state index is 12.2. The third-order valence-electron chi connectivity index (χ3n) is 4.12. The first kappa shape index (κ1) is 16.5. The quantitative estimate of drug-likeness (QED) is 0.686. The standard InChI is InChI=1S/C18H26N2O2/c1-4-6-7-8-9-10-15-14(3)20(18(21)22-5-2)17-13-19-12-11-16(15)17/h11-13H,4-10H2,1-3H3. The fourth-order valence-electron chi connectivity index (χ4n) is 2.97. The second-order valence-corrected chi connectivity index (χ2v) is 5.66. The van der Waals surface area contributed by atoms with Crippen LogP contribution in [-0.2, 0) is 11.2 Å². The third kappa shape index (κ3) is 3.49. The number of unbranched alkanes of at least 4 members (excludes halogenated alkanes) is 4. The number of carbonyl (C=O) groups is 1. The van der Waals surface area contributed by atoms with Crippen LogP contribution in [0.25, 0.3) is 10.9 Å². The van der Waals surface area contributed by atoms with E-state index in [1.165, 1.54) is 31.2 Å². The molecule has 2 heterocycles. The molecule has 120 valence electrons. The van der Waals surface area contributed by atoms with Gasteiger partial charge in [0, 0.05) is 17.3 Å². The summed E-state index contributed by atoms with van der Waals surface area (Å²) in [6, 6.07) is 2.00. The Balaban J connectivity index is 2.26. The van der Waals surface area contributed by atoms with Gasteiger partial charge in [0.2, 0.25) is 0 Å². The minimum atomic E-state index is -0.310. The van der Waals surface area contributed by atoms with Gasteiger partial charge in [-0.2, -0.15) is 0 Å². The zero-order valence-corrected chi connectivity index (χ0v) is 13.9. The summed E-state index contributed by atoms with van der Waals surface area (Å²) in [6.45, 7) is 6.43. The minimum Gasteiger partial charge on any atom is -0.449 e. The highest BCUT2D eigenvalue weighted by atomic mass is 16.5. The van der Waals surface area contributed by atoms with Crippen LogP contribution in [0.2, 0.25) is 0 Å². The fraction of sp³-hybridized carbons (Fsp3) is 0.556. The molecule has 0 N–H and O–H groups in total. The molecule has 0 unspecified atom stereocenters. The molecule has 0 bridgehead atoms. The molecule has 4 heteroatoms. The van der Waals surface area contributed by atoms with Crippen molar-refractivity contribution in [2.45, 2.75) is 59.3 Å². The molecule has 0 spiro atoms. The molecule has 0 radical (unpaired) electrons. The molecule has 4 nitrogen and oxygen atoms in total. The predicted molar refractivity (Wildman–Crippen MR) is 89.4 cm³/mol. The van der Waals surface area contributed by atoms with Gasteiger partial charge in [0.25, 0.3) is 0 Å². The Bertz CT molecular complexity index is 631.